The summed E-state index contributed by atoms with van der Waals surface area (Å²) in [7, 11) is 1.58. The molecule has 0 unspecified atom stereocenters. The number of allylic oxidation sites excluding steroid dienone is 1. The minimum absolute atomic E-state index is 0.252. The molecule has 25 heavy (non-hydrogen) atoms. The van der Waals surface area contributed by atoms with Crippen LogP contribution in [0, 0.1) is 5.82 Å². The molecule has 1 fully saturated rings. The number of benzene rings is 2. The molecule has 4 nitrogen and oxygen atoms in total. The Kier molecular flexibility index (Phi) is 5.46. The van der Waals surface area contributed by atoms with E-state index in [-0.39, 0.29) is 5.78 Å². The predicted octanol–water partition coefficient (Wildman–Crippen LogP) is 3.57. The average Bonchev–Trinajstić information content (AvgIpc) is 2.67. The summed E-state index contributed by atoms with van der Waals surface area (Å²) in [6.45, 7) is 2.47. The third-order valence-corrected chi connectivity index (χ3v) is 4.14. The third kappa shape index (κ3) is 4.06. The predicted molar refractivity (Wildman–Crippen MR) is 95.8 cm³/mol. The van der Waals surface area contributed by atoms with Gasteiger partial charge in [0.05, 0.1) is 26.0 Å². The lowest BCUT2D eigenvalue weighted by Crippen LogP contribution is -2.36. The van der Waals surface area contributed by atoms with Crippen molar-refractivity contribution in [2.24, 2.45) is 0 Å². The van der Waals surface area contributed by atoms with Crippen molar-refractivity contribution in [1.29, 1.82) is 0 Å². The van der Waals surface area contributed by atoms with Crippen molar-refractivity contribution in [3.05, 3.63) is 65.5 Å². The number of carbonyl (C=O) groups excluding carboxylic acids is 1. The Hall–Kier alpha value is -2.66. The Morgan fingerprint density at radius 3 is 2.68 bits per heavy atom. The Morgan fingerprint density at radius 1 is 1.20 bits per heavy atom. The topological polar surface area (TPSA) is 38.8 Å². The fraction of sp³-hybridized carbons (Fsp3) is 0.250. The number of hydrogen-bond donors (Lipinski definition) is 0. The quantitative estimate of drug-likeness (QED) is 0.616. The highest BCUT2D eigenvalue weighted by atomic mass is 19.1. The van der Waals surface area contributed by atoms with Gasteiger partial charge in [0.15, 0.2) is 5.78 Å². The fourth-order valence-electron chi connectivity index (χ4n) is 2.79. The van der Waals surface area contributed by atoms with Crippen molar-refractivity contribution < 1.29 is 18.7 Å². The molecule has 2 aromatic rings. The van der Waals surface area contributed by atoms with Gasteiger partial charge in [-0.3, -0.25) is 4.79 Å². The molecular formula is C20H20FNO3. The van der Waals surface area contributed by atoms with Crippen LogP contribution in [-0.4, -0.2) is 39.2 Å². The van der Waals surface area contributed by atoms with E-state index in [1.807, 2.05) is 29.2 Å². The molecule has 1 heterocycles. The van der Waals surface area contributed by atoms with E-state index in [2.05, 4.69) is 0 Å². The van der Waals surface area contributed by atoms with Crippen molar-refractivity contribution in [2.75, 3.05) is 38.3 Å². The maximum atomic E-state index is 14.4. The maximum absolute atomic E-state index is 14.4. The SMILES string of the molecule is COc1ccccc1/C=C/C(=O)c1ccc(N2CCOCC2)c(F)c1. The molecule has 0 bridgehead atoms. The van der Waals surface area contributed by atoms with Crippen LogP contribution in [0.3, 0.4) is 0 Å². The van der Waals surface area contributed by atoms with Crippen LogP contribution in [0.1, 0.15) is 15.9 Å². The number of nitrogens with zero attached hydrogens (tertiary/aromatic N) is 1. The molecule has 0 amide bonds. The number of carbonyl (C=O) groups is 1. The molecule has 3 rings (SSSR count). The minimum atomic E-state index is -0.390. The van der Waals surface area contributed by atoms with Gasteiger partial charge in [-0.25, -0.2) is 4.39 Å². The summed E-state index contributed by atoms with van der Waals surface area (Å²) in [5.41, 5.74) is 1.62. The van der Waals surface area contributed by atoms with Crippen LogP contribution in [0.5, 0.6) is 5.75 Å². The molecular weight excluding hydrogens is 321 g/mol. The van der Waals surface area contributed by atoms with E-state index in [1.165, 1.54) is 12.1 Å². The van der Waals surface area contributed by atoms with Gasteiger partial charge in [-0.1, -0.05) is 18.2 Å². The van der Waals surface area contributed by atoms with Crippen LogP contribution in [-0.2, 0) is 4.74 Å². The Bertz CT molecular complexity index is 782. The standard InChI is InChI=1S/C20H20FNO3/c1-24-20-5-3-2-4-15(20)7-9-19(23)16-6-8-18(17(21)14-16)22-10-12-25-13-11-22/h2-9,14H,10-13H2,1H3/b9-7+. The molecule has 1 aliphatic rings. The number of ether oxygens (including phenoxy) is 2. The average molecular weight is 341 g/mol. The highest BCUT2D eigenvalue weighted by molar-refractivity contribution is 6.07. The van der Waals surface area contributed by atoms with Gasteiger partial charge in [-0.15, -0.1) is 0 Å². The van der Waals surface area contributed by atoms with Gasteiger partial charge in [-0.2, -0.15) is 0 Å². The van der Waals surface area contributed by atoms with Crippen LogP contribution in [0.25, 0.3) is 6.08 Å². The summed E-state index contributed by atoms with van der Waals surface area (Å²) in [5.74, 6) is 0.0390. The summed E-state index contributed by atoms with van der Waals surface area (Å²) in [5, 5.41) is 0. The number of halogens is 1. The van der Waals surface area contributed by atoms with E-state index in [9.17, 15) is 9.18 Å². The highest BCUT2D eigenvalue weighted by Crippen LogP contribution is 2.23. The van der Waals surface area contributed by atoms with Gasteiger partial charge in [0.1, 0.15) is 11.6 Å². The number of anilines is 1. The number of rotatable bonds is 5. The molecule has 130 valence electrons. The van der Waals surface area contributed by atoms with Crippen molar-refractivity contribution >= 4 is 17.5 Å². The molecule has 0 spiro atoms. The first-order valence-corrected chi connectivity index (χ1v) is 8.16. The molecule has 1 aliphatic heterocycles. The second-order valence-corrected chi connectivity index (χ2v) is 5.71. The molecule has 0 aliphatic carbocycles. The number of morpholine rings is 1. The monoisotopic (exact) mass is 341 g/mol. The number of ketones is 1. The van der Waals surface area contributed by atoms with Gasteiger partial charge in [0, 0.05) is 24.2 Å². The Balaban J connectivity index is 1.76. The molecule has 5 heteroatoms. The zero-order valence-corrected chi connectivity index (χ0v) is 14.1. The Morgan fingerprint density at radius 2 is 1.96 bits per heavy atom. The lowest BCUT2D eigenvalue weighted by molar-refractivity contribution is 0.104. The van der Waals surface area contributed by atoms with Gasteiger partial charge in [0.25, 0.3) is 0 Å². The lowest BCUT2D eigenvalue weighted by Gasteiger charge is -2.29. The zero-order valence-electron chi connectivity index (χ0n) is 14.1. The van der Waals surface area contributed by atoms with E-state index in [0.29, 0.717) is 43.3 Å². The van der Waals surface area contributed by atoms with Crippen LogP contribution in [0.15, 0.2) is 48.5 Å². The van der Waals surface area contributed by atoms with Gasteiger partial charge < -0.3 is 14.4 Å². The summed E-state index contributed by atoms with van der Waals surface area (Å²) in [4.78, 5) is 14.3. The van der Waals surface area contributed by atoms with Crippen LogP contribution in [0.4, 0.5) is 10.1 Å². The lowest BCUT2D eigenvalue weighted by atomic mass is 10.1. The van der Waals surface area contributed by atoms with Gasteiger partial charge >= 0.3 is 0 Å². The number of methoxy groups -OCH3 is 1. The van der Waals surface area contributed by atoms with Crippen molar-refractivity contribution in [3.8, 4) is 5.75 Å². The van der Waals surface area contributed by atoms with Crippen LogP contribution in [0.2, 0.25) is 0 Å². The van der Waals surface area contributed by atoms with Gasteiger partial charge in [0.2, 0.25) is 0 Å². The van der Waals surface area contributed by atoms with E-state index in [1.54, 1.807) is 25.3 Å². The maximum Gasteiger partial charge on any atom is 0.185 e. The zero-order chi connectivity index (χ0) is 17.6. The number of para-hydroxylation sites is 1. The van der Waals surface area contributed by atoms with Crippen molar-refractivity contribution in [1.82, 2.24) is 0 Å². The second kappa shape index (κ2) is 7.94. The molecule has 0 saturated carbocycles. The molecule has 1 saturated heterocycles. The minimum Gasteiger partial charge on any atom is -0.496 e. The Labute approximate surface area is 146 Å². The first-order valence-electron chi connectivity index (χ1n) is 8.16. The molecule has 0 atom stereocenters. The summed E-state index contributed by atoms with van der Waals surface area (Å²) in [6, 6.07) is 12.0. The van der Waals surface area contributed by atoms with Crippen molar-refractivity contribution in [3.63, 3.8) is 0 Å². The molecule has 2 aromatic carbocycles. The van der Waals surface area contributed by atoms with Crippen LogP contribution >= 0.6 is 0 Å². The first kappa shape index (κ1) is 17.2. The number of hydrogen-bond acceptors (Lipinski definition) is 4. The van der Waals surface area contributed by atoms with E-state index in [0.717, 1.165) is 5.56 Å². The van der Waals surface area contributed by atoms with Gasteiger partial charge in [-0.05, 0) is 36.4 Å². The van der Waals surface area contributed by atoms with E-state index < -0.39 is 5.82 Å². The van der Waals surface area contributed by atoms with Crippen molar-refractivity contribution in [2.45, 2.75) is 0 Å². The molecule has 0 N–H and O–H groups in total. The highest BCUT2D eigenvalue weighted by Gasteiger charge is 2.16. The smallest absolute Gasteiger partial charge is 0.185 e. The fourth-order valence-corrected chi connectivity index (χ4v) is 2.79. The second-order valence-electron chi connectivity index (χ2n) is 5.71. The summed E-state index contributed by atoms with van der Waals surface area (Å²) in [6.07, 6.45) is 3.11. The molecule has 0 aromatic heterocycles. The van der Waals surface area contributed by atoms with Crippen LogP contribution < -0.4 is 9.64 Å². The van der Waals surface area contributed by atoms with E-state index in [4.69, 9.17) is 9.47 Å². The first-order chi connectivity index (χ1) is 12.2. The molecule has 0 radical (unpaired) electrons. The third-order valence-electron chi connectivity index (χ3n) is 4.14. The largest absolute Gasteiger partial charge is 0.496 e. The summed E-state index contributed by atoms with van der Waals surface area (Å²) >= 11 is 0. The van der Waals surface area contributed by atoms with E-state index >= 15 is 0 Å². The summed E-state index contributed by atoms with van der Waals surface area (Å²) < 4.78 is 24.9. The normalized spacial score (nSPS) is 14.7.